The molecule has 1 N–H and O–H groups in total. The molecule has 0 bridgehead atoms. The van der Waals surface area contributed by atoms with E-state index in [0.29, 0.717) is 0 Å². The molecule has 0 aromatic heterocycles. The van der Waals surface area contributed by atoms with Crippen molar-refractivity contribution in [2.75, 3.05) is 7.11 Å². The van der Waals surface area contributed by atoms with Gasteiger partial charge in [0.15, 0.2) is 6.29 Å². The summed E-state index contributed by atoms with van der Waals surface area (Å²) < 4.78 is 28.7. The third kappa shape index (κ3) is 3.78. The van der Waals surface area contributed by atoms with Crippen LogP contribution in [0.25, 0.3) is 0 Å². The fourth-order valence-corrected chi connectivity index (χ4v) is 0.730. The largest absolute Gasteiger partial charge is 0.402 e. The van der Waals surface area contributed by atoms with Crippen molar-refractivity contribution in [2.45, 2.75) is 19.6 Å². The average Bonchev–Trinajstić information content (AvgIpc) is 1.87. The maximum Gasteiger partial charge on any atom is 0.402 e. The first-order valence-electron chi connectivity index (χ1n) is 2.68. The minimum atomic E-state index is -3.98. The summed E-state index contributed by atoms with van der Waals surface area (Å²) >= 11 is 0. The quantitative estimate of drug-likeness (QED) is 0.582. The summed E-state index contributed by atoms with van der Waals surface area (Å²) in [5, 5.41) is 8.64. The van der Waals surface area contributed by atoms with E-state index in [4.69, 9.17) is 5.11 Å². The monoisotopic (exact) mass is 170 g/mol. The van der Waals surface area contributed by atoms with E-state index in [1.165, 1.54) is 0 Å². The van der Waals surface area contributed by atoms with E-state index >= 15 is 0 Å². The highest BCUT2D eigenvalue weighted by atomic mass is 32.3. The zero-order chi connectivity index (χ0) is 8.20. The van der Waals surface area contributed by atoms with Gasteiger partial charge >= 0.3 is 10.4 Å². The molecule has 0 aliphatic heterocycles. The van der Waals surface area contributed by atoms with Gasteiger partial charge in [0.25, 0.3) is 0 Å². The Hall–Kier alpha value is -0.170. The fourth-order valence-electron chi connectivity index (χ4n) is 0.243. The Bertz CT molecular complexity index is 172. The molecule has 0 aromatic carbocycles. The van der Waals surface area contributed by atoms with Crippen LogP contribution >= 0.6 is 0 Å². The number of aliphatic hydroxyl groups excluding tert-OH is 1. The molecule has 0 amide bonds. The molecule has 5 nitrogen and oxygen atoms in total. The molecule has 1 atom stereocenters. The summed E-state index contributed by atoms with van der Waals surface area (Å²) in [6.07, 6.45) is -1.12. The average molecular weight is 170 g/mol. The Morgan fingerprint density at radius 2 is 2.10 bits per heavy atom. The van der Waals surface area contributed by atoms with Gasteiger partial charge in [-0.05, 0) is 6.42 Å². The van der Waals surface area contributed by atoms with Crippen molar-refractivity contribution in [1.82, 2.24) is 0 Å². The number of hydrogen-bond acceptors (Lipinski definition) is 5. The Labute approximate surface area is 59.9 Å². The van der Waals surface area contributed by atoms with Crippen molar-refractivity contribution in [1.29, 1.82) is 0 Å². The molecule has 0 saturated heterocycles. The summed E-state index contributed by atoms with van der Waals surface area (Å²) in [4.78, 5) is 0. The highest BCUT2D eigenvalue weighted by Crippen LogP contribution is 2.00. The first kappa shape index (κ1) is 9.83. The number of rotatable bonds is 4. The lowest BCUT2D eigenvalue weighted by Crippen LogP contribution is -2.17. The zero-order valence-corrected chi connectivity index (χ0v) is 6.59. The predicted octanol–water partition coefficient (Wildman–Crippen LogP) is -0.377. The molecule has 0 rings (SSSR count). The third-order valence-electron chi connectivity index (χ3n) is 0.782. The summed E-state index contributed by atoms with van der Waals surface area (Å²) in [7, 11) is -3.02. The molecule has 10 heavy (non-hydrogen) atoms. The minimum Gasteiger partial charge on any atom is -0.367 e. The maximum atomic E-state index is 10.4. The highest BCUT2D eigenvalue weighted by Gasteiger charge is 2.13. The first-order chi connectivity index (χ1) is 4.52. The lowest BCUT2D eigenvalue weighted by atomic mass is 10.5. The molecule has 62 valence electrons. The summed E-state index contributed by atoms with van der Waals surface area (Å²) in [5.74, 6) is 0. The van der Waals surface area contributed by atoms with Crippen molar-refractivity contribution in [3.05, 3.63) is 0 Å². The van der Waals surface area contributed by atoms with Gasteiger partial charge in [0.2, 0.25) is 0 Å². The van der Waals surface area contributed by atoms with Gasteiger partial charge in [-0.1, -0.05) is 6.92 Å². The van der Waals surface area contributed by atoms with Crippen LogP contribution in [0, 0.1) is 0 Å². The smallest absolute Gasteiger partial charge is 0.367 e. The number of aliphatic hydroxyl groups is 1. The van der Waals surface area contributed by atoms with E-state index in [1.54, 1.807) is 6.92 Å². The molecule has 0 heterocycles. The van der Waals surface area contributed by atoms with Crippen LogP contribution in [0.15, 0.2) is 0 Å². The van der Waals surface area contributed by atoms with Gasteiger partial charge in [0.1, 0.15) is 0 Å². The Kier molecular flexibility index (Phi) is 3.80. The van der Waals surface area contributed by atoms with Crippen molar-refractivity contribution in [3.63, 3.8) is 0 Å². The molecule has 1 unspecified atom stereocenters. The van der Waals surface area contributed by atoms with Gasteiger partial charge in [-0.15, -0.1) is 0 Å². The summed E-state index contributed by atoms with van der Waals surface area (Å²) in [5.41, 5.74) is 0. The predicted molar refractivity (Wildman–Crippen MR) is 33.3 cm³/mol. The van der Waals surface area contributed by atoms with Gasteiger partial charge in [-0.2, -0.15) is 8.42 Å². The van der Waals surface area contributed by atoms with Gasteiger partial charge in [0, 0.05) is 0 Å². The van der Waals surface area contributed by atoms with Gasteiger partial charge < -0.3 is 5.11 Å². The van der Waals surface area contributed by atoms with E-state index in [9.17, 15) is 8.42 Å². The molecule has 0 aliphatic rings. The molecule has 6 heteroatoms. The molecule has 0 saturated carbocycles. The van der Waals surface area contributed by atoms with Crippen LogP contribution in [0.1, 0.15) is 13.3 Å². The molecule has 0 spiro atoms. The third-order valence-corrected chi connectivity index (χ3v) is 1.65. The lowest BCUT2D eigenvalue weighted by molar-refractivity contribution is -0.0234. The van der Waals surface area contributed by atoms with Crippen LogP contribution < -0.4 is 0 Å². The second-order valence-corrected chi connectivity index (χ2v) is 2.88. The first-order valence-corrected chi connectivity index (χ1v) is 4.02. The molecule has 0 fully saturated rings. The summed E-state index contributed by atoms with van der Waals surface area (Å²) in [6, 6.07) is 0. The highest BCUT2D eigenvalue weighted by molar-refractivity contribution is 7.81. The van der Waals surface area contributed by atoms with Gasteiger partial charge in [-0.25, -0.2) is 4.18 Å². The van der Waals surface area contributed by atoms with Crippen LogP contribution in [0.2, 0.25) is 0 Å². The van der Waals surface area contributed by atoms with Crippen molar-refractivity contribution < 1.29 is 21.9 Å². The van der Waals surface area contributed by atoms with E-state index < -0.39 is 16.7 Å². The Balaban J connectivity index is 3.90. The molecular weight excluding hydrogens is 160 g/mol. The fraction of sp³-hybridized carbons (Fsp3) is 1.00. The van der Waals surface area contributed by atoms with Crippen molar-refractivity contribution >= 4 is 10.4 Å². The van der Waals surface area contributed by atoms with Crippen LogP contribution in [-0.2, 0) is 18.8 Å². The Morgan fingerprint density at radius 3 is 2.40 bits per heavy atom. The van der Waals surface area contributed by atoms with Crippen LogP contribution in [0.3, 0.4) is 0 Å². The van der Waals surface area contributed by atoms with E-state index in [-0.39, 0.29) is 6.42 Å². The van der Waals surface area contributed by atoms with Crippen molar-refractivity contribution in [2.24, 2.45) is 0 Å². The second-order valence-electron chi connectivity index (χ2n) is 1.53. The van der Waals surface area contributed by atoms with Gasteiger partial charge in [-0.3, -0.25) is 4.18 Å². The molecule has 0 aromatic rings. The molecular formula is C4H10O5S. The molecule has 0 aliphatic carbocycles. The topological polar surface area (TPSA) is 72.8 Å². The Morgan fingerprint density at radius 1 is 1.60 bits per heavy atom. The second kappa shape index (κ2) is 3.87. The summed E-state index contributed by atoms with van der Waals surface area (Å²) in [6.45, 7) is 1.58. The molecule has 0 radical (unpaired) electrons. The number of hydrogen-bond donors (Lipinski definition) is 1. The zero-order valence-electron chi connectivity index (χ0n) is 5.77. The van der Waals surface area contributed by atoms with Gasteiger partial charge in [0.05, 0.1) is 7.11 Å². The standard InChI is InChI=1S/C4H10O5S/c1-3-4(5)9-10(6,7)8-2/h4-5H,3H2,1-2H3. The maximum absolute atomic E-state index is 10.4. The lowest BCUT2D eigenvalue weighted by Gasteiger charge is -2.06. The van der Waals surface area contributed by atoms with Crippen LogP contribution in [-0.4, -0.2) is 26.9 Å². The van der Waals surface area contributed by atoms with Crippen LogP contribution in [0.5, 0.6) is 0 Å². The van der Waals surface area contributed by atoms with E-state index in [2.05, 4.69) is 8.37 Å². The van der Waals surface area contributed by atoms with Crippen molar-refractivity contribution in [3.8, 4) is 0 Å². The normalized spacial score (nSPS) is 15.1. The minimum absolute atomic E-state index is 0.197. The van der Waals surface area contributed by atoms with E-state index in [0.717, 1.165) is 7.11 Å². The van der Waals surface area contributed by atoms with E-state index in [1.807, 2.05) is 0 Å². The van der Waals surface area contributed by atoms with Crippen LogP contribution in [0.4, 0.5) is 0 Å². The SMILES string of the molecule is CCC(O)OS(=O)(=O)OC.